The summed E-state index contributed by atoms with van der Waals surface area (Å²) in [4.78, 5) is 2.46. The second-order valence-electron chi connectivity index (χ2n) is 4.74. The minimum atomic E-state index is 0.351. The number of hydrogen-bond donors (Lipinski definition) is 1. The molecule has 4 heteroatoms. The fourth-order valence-corrected chi connectivity index (χ4v) is 2.51. The van der Waals surface area contributed by atoms with Crippen LogP contribution in [0.3, 0.4) is 0 Å². The van der Waals surface area contributed by atoms with Gasteiger partial charge in [0.25, 0.3) is 0 Å². The summed E-state index contributed by atoms with van der Waals surface area (Å²) in [6.45, 7) is 6.76. The van der Waals surface area contributed by atoms with E-state index in [-0.39, 0.29) is 0 Å². The van der Waals surface area contributed by atoms with E-state index in [9.17, 15) is 0 Å². The molecule has 3 rings (SSSR count). The van der Waals surface area contributed by atoms with Crippen molar-refractivity contribution in [2.75, 3.05) is 26.4 Å². The van der Waals surface area contributed by atoms with Gasteiger partial charge in [-0.05, 0) is 13.0 Å². The molecule has 1 N–H and O–H groups in total. The Balaban J connectivity index is 1.74. The van der Waals surface area contributed by atoms with E-state index in [2.05, 4.69) is 23.2 Å². The molecule has 2 aliphatic heterocycles. The van der Waals surface area contributed by atoms with Gasteiger partial charge in [-0.15, -0.1) is 0 Å². The van der Waals surface area contributed by atoms with Crippen molar-refractivity contribution in [1.82, 2.24) is 10.2 Å². The Bertz CT molecular complexity index is 408. The van der Waals surface area contributed by atoms with E-state index in [0.29, 0.717) is 12.8 Å². The summed E-state index contributed by atoms with van der Waals surface area (Å²) in [5.74, 6) is 1.81. The third kappa shape index (κ3) is 2.23. The van der Waals surface area contributed by atoms with E-state index < -0.39 is 0 Å². The van der Waals surface area contributed by atoms with Crippen molar-refractivity contribution in [3.8, 4) is 11.5 Å². The van der Waals surface area contributed by atoms with Crippen LogP contribution in [0.2, 0.25) is 0 Å². The molecule has 2 aliphatic rings. The van der Waals surface area contributed by atoms with Crippen LogP contribution in [-0.2, 0) is 6.54 Å². The molecule has 1 fully saturated rings. The summed E-state index contributed by atoms with van der Waals surface area (Å²) in [5.41, 5.74) is 1.23. The molecular weight excluding hydrogens is 216 g/mol. The van der Waals surface area contributed by atoms with E-state index in [0.717, 1.165) is 37.7 Å². The fraction of sp³-hybridized carbons (Fsp3) is 0.538. The summed E-state index contributed by atoms with van der Waals surface area (Å²) in [6.07, 6.45) is 0. The van der Waals surface area contributed by atoms with Crippen LogP contribution in [-0.4, -0.2) is 37.4 Å². The number of ether oxygens (including phenoxy) is 2. The van der Waals surface area contributed by atoms with Crippen LogP contribution in [0.4, 0.5) is 0 Å². The monoisotopic (exact) mass is 234 g/mol. The molecule has 17 heavy (non-hydrogen) atoms. The van der Waals surface area contributed by atoms with Crippen LogP contribution in [0.5, 0.6) is 11.5 Å². The smallest absolute Gasteiger partial charge is 0.231 e. The van der Waals surface area contributed by atoms with Crippen molar-refractivity contribution < 1.29 is 9.47 Å². The van der Waals surface area contributed by atoms with Crippen molar-refractivity contribution in [1.29, 1.82) is 0 Å². The van der Waals surface area contributed by atoms with E-state index >= 15 is 0 Å². The first-order chi connectivity index (χ1) is 8.33. The lowest BCUT2D eigenvalue weighted by molar-refractivity contribution is 0.169. The molecule has 1 aromatic carbocycles. The van der Waals surface area contributed by atoms with Crippen molar-refractivity contribution in [3.63, 3.8) is 0 Å². The molecule has 1 aromatic rings. The Morgan fingerprint density at radius 2 is 2.35 bits per heavy atom. The van der Waals surface area contributed by atoms with Crippen LogP contribution in [0.1, 0.15) is 12.5 Å². The highest BCUT2D eigenvalue weighted by molar-refractivity contribution is 5.48. The Labute approximate surface area is 102 Å². The molecule has 0 amide bonds. The zero-order valence-electron chi connectivity index (χ0n) is 10.1. The van der Waals surface area contributed by atoms with Crippen molar-refractivity contribution in [2.24, 2.45) is 0 Å². The van der Waals surface area contributed by atoms with Crippen LogP contribution in [0.15, 0.2) is 18.2 Å². The molecule has 1 saturated heterocycles. The predicted octanol–water partition coefficient (Wildman–Crippen LogP) is 1.21. The average Bonchev–Trinajstić information content (AvgIpc) is 2.78. The number of para-hydroxylation sites is 1. The number of rotatable bonds is 2. The number of benzene rings is 1. The highest BCUT2D eigenvalue weighted by atomic mass is 16.7. The average molecular weight is 234 g/mol. The lowest BCUT2D eigenvalue weighted by atomic mass is 10.1. The number of hydrogen-bond acceptors (Lipinski definition) is 4. The topological polar surface area (TPSA) is 33.7 Å². The molecule has 0 aromatic heterocycles. The van der Waals surface area contributed by atoms with Gasteiger partial charge in [0.1, 0.15) is 0 Å². The Hall–Kier alpha value is -1.26. The van der Waals surface area contributed by atoms with Crippen LogP contribution in [0, 0.1) is 0 Å². The van der Waals surface area contributed by atoms with Gasteiger partial charge in [-0.2, -0.15) is 0 Å². The highest BCUT2D eigenvalue weighted by Gasteiger charge is 2.21. The van der Waals surface area contributed by atoms with Gasteiger partial charge in [0.15, 0.2) is 11.5 Å². The second kappa shape index (κ2) is 4.55. The van der Waals surface area contributed by atoms with Gasteiger partial charge in [-0.1, -0.05) is 12.1 Å². The lowest BCUT2D eigenvalue weighted by Crippen LogP contribution is -2.48. The van der Waals surface area contributed by atoms with Crippen molar-refractivity contribution in [3.05, 3.63) is 23.8 Å². The SMILES string of the molecule is C[C@H]1CN(Cc2cccc3c2OCO3)CCN1. The first-order valence-corrected chi connectivity index (χ1v) is 6.16. The number of piperazine rings is 1. The third-order valence-electron chi connectivity index (χ3n) is 3.32. The third-order valence-corrected chi connectivity index (χ3v) is 3.32. The largest absolute Gasteiger partial charge is 0.454 e. The first-order valence-electron chi connectivity index (χ1n) is 6.16. The number of fused-ring (bicyclic) bond motifs is 1. The number of nitrogens with zero attached hydrogens (tertiary/aromatic N) is 1. The summed E-state index contributed by atoms with van der Waals surface area (Å²) < 4.78 is 10.9. The predicted molar refractivity (Wildman–Crippen MR) is 65.3 cm³/mol. The van der Waals surface area contributed by atoms with Crippen molar-refractivity contribution >= 4 is 0 Å². The van der Waals surface area contributed by atoms with Gasteiger partial charge in [0.2, 0.25) is 6.79 Å². The highest BCUT2D eigenvalue weighted by Crippen LogP contribution is 2.35. The van der Waals surface area contributed by atoms with Gasteiger partial charge in [0.05, 0.1) is 0 Å². The second-order valence-corrected chi connectivity index (χ2v) is 4.74. The minimum absolute atomic E-state index is 0.351. The van der Waals surface area contributed by atoms with Crippen LogP contribution >= 0.6 is 0 Å². The Morgan fingerprint density at radius 3 is 3.24 bits per heavy atom. The van der Waals surface area contributed by atoms with E-state index in [1.807, 2.05) is 12.1 Å². The first kappa shape index (κ1) is 10.9. The maximum absolute atomic E-state index is 5.53. The van der Waals surface area contributed by atoms with Gasteiger partial charge >= 0.3 is 0 Å². The van der Waals surface area contributed by atoms with E-state index in [4.69, 9.17) is 9.47 Å². The van der Waals surface area contributed by atoms with E-state index in [1.165, 1.54) is 5.56 Å². The molecule has 0 unspecified atom stereocenters. The number of nitrogens with one attached hydrogen (secondary N) is 1. The summed E-state index contributed by atoms with van der Waals surface area (Å²) in [7, 11) is 0. The molecular formula is C13H18N2O2. The molecule has 0 radical (unpaired) electrons. The standard InChI is InChI=1S/C13H18N2O2/c1-10-7-15(6-5-14-10)8-11-3-2-4-12-13(11)17-9-16-12/h2-4,10,14H,5-9H2,1H3/t10-/m0/s1. The molecule has 0 aliphatic carbocycles. The maximum atomic E-state index is 5.53. The Kier molecular flexibility index (Phi) is 2.91. The maximum Gasteiger partial charge on any atom is 0.231 e. The molecule has 0 bridgehead atoms. The van der Waals surface area contributed by atoms with Crippen LogP contribution < -0.4 is 14.8 Å². The minimum Gasteiger partial charge on any atom is -0.454 e. The molecule has 0 saturated carbocycles. The molecule has 92 valence electrons. The normalized spacial score (nSPS) is 23.9. The summed E-state index contributed by atoms with van der Waals surface area (Å²) in [6, 6.07) is 6.69. The van der Waals surface area contributed by atoms with Crippen molar-refractivity contribution in [2.45, 2.75) is 19.5 Å². The van der Waals surface area contributed by atoms with Gasteiger partial charge in [0, 0.05) is 37.8 Å². The fourth-order valence-electron chi connectivity index (χ4n) is 2.51. The molecule has 2 heterocycles. The molecule has 1 atom stereocenters. The van der Waals surface area contributed by atoms with Gasteiger partial charge in [-0.3, -0.25) is 4.90 Å². The zero-order valence-corrected chi connectivity index (χ0v) is 10.1. The lowest BCUT2D eigenvalue weighted by Gasteiger charge is -2.31. The van der Waals surface area contributed by atoms with Gasteiger partial charge in [-0.25, -0.2) is 0 Å². The summed E-state index contributed by atoms with van der Waals surface area (Å²) >= 11 is 0. The quantitative estimate of drug-likeness (QED) is 0.834. The Morgan fingerprint density at radius 1 is 1.41 bits per heavy atom. The van der Waals surface area contributed by atoms with Crippen LogP contribution in [0.25, 0.3) is 0 Å². The summed E-state index contributed by atoms with van der Waals surface area (Å²) in [5, 5.41) is 3.45. The molecule has 0 spiro atoms. The molecule has 4 nitrogen and oxygen atoms in total. The van der Waals surface area contributed by atoms with E-state index in [1.54, 1.807) is 0 Å². The zero-order chi connectivity index (χ0) is 11.7. The van der Waals surface area contributed by atoms with Gasteiger partial charge < -0.3 is 14.8 Å².